The Morgan fingerprint density at radius 2 is 2.19 bits per heavy atom. The minimum absolute atomic E-state index is 0.109. The van der Waals surface area contributed by atoms with Crippen molar-refractivity contribution in [3.05, 3.63) is 35.4 Å². The fourth-order valence-corrected chi connectivity index (χ4v) is 2.41. The van der Waals surface area contributed by atoms with Crippen LogP contribution in [0.4, 0.5) is 0 Å². The van der Waals surface area contributed by atoms with Gasteiger partial charge in [0.25, 0.3) is 5.91 Å². The lowest BCUT2D eigenvalue weighted by Crippen LogP contribution is -2.36. The van der Waals surface area contributed by atoms with Crippen LogP contribution in [-0.2, 0) is 13.0 Å². The molecule has 2 aromatic rings. The molecule has 3 heterocycles. The Bertz CT molecular complexity index is 668. The summed E-state index contributed by atoms with van der Waals surface area (Å²) in [5.41, 5.74) is 2.44. The maximum absolute atomic E-state index is 12.6. The molecule has 0 aromatic carbocycles. The van der Waals surface area contributed by atoms with Crippen LogP contribution in [0.25, 0.3) is 0 Å². The van der Waals surface area contributed by atoms with Crippen LogP contribution in [0.1, 0.15) is 21.7 Å². The van der Waals surface area contributed by atoms with Crippen LogP contribution in [-0.4, -0.2) is 46.5 Å². The summed E-state index contributed by atoms with van der Waals surface area (Å²) in [6.07, 6.45) is 2.41. The van der Waals surface area contributed by atoms with Gasteiger partial charge in [-0.25, -0.2) is 4.98 Å². The molecule has 0 bridgehead atoms. The quantitative estimate of drug-likeness (QED) is 0.912. The summed E-state index contributed by atoms with van der Waals surface area (Å²) < 4.78 is 10.2. The van der Waals surface area contributed by atoms with E-state index in [9.17, 15) is 4.79 Å². The first-order chi connectivity index (χ1) is 10.2. The molecule has 1 aliphatic rings. The summed E-state index contributed by atoms with van der Waals surface area (Å²) >= 11 is 0. The Morgan fingerprint density at radius 1 is 1.33 bits per heavy atom. The summed E-state index contributed by atoms with van der Waals surface area (Å²) in [7, 11) is 3.01. The molecule has 0 atom stereocenters. The molecule has 0 saturated heterocycles. The lowest BCUT2D eigenvalue weighted by atomic mass is 10.1. The predicted octanol–water partition coefficient (Wildman–Crippen LogP) is 1.02. The van der Waals surface area contributed by atoms with Crippen molar-refractivity contribution in [3.63, 3.8) is 0 Å². The van der Waals surface area contributed by atoms with Crippen LogP contribution in [0, 0.1) is 0 Å². The number of methoxy groups -OCH3 is 2. The fourth-order valence-electron chi connectivity index (χ4n) is 2.41. The van der Waals surface area contributed by atoms with Gasteiger partial charge in [0.1, 0.15) is 5.56 Å². The second kappa shape index (κ2) is 5.43. The van der Waals surface area contributed by atoms with Gasteiger partial charge in [-0.05, 0) is 6.07 Å². The third kappa shape index (κ3) is 2.42. The zero-order valence-electron chi connectivity index (χ0n) is 11.9. The molecule has 21 heavy (non-hydrogen) atoms. The monoisotopic (exact) mass is 288 g/mol. The highest BCUT2D eigenvalue weighted by molar-refractivity contribution is 5.96. The third-order valence-electron chi connectivity index (χ3n) is 3.53. The van der Waals surface area contributed by atoms with E-state index in [1.54, 1.807) is 23.4 Å². The topological polar surface area (TPSA) is 80.3 Å². The standard InChI is InChI=1S/C14H16N4O3/c1-20-12-4-3-9(13(17-12)21-2)14(19)18-6-5-10-11(7-18)16-8-15-10/h3-4,8H,5-7H2,1-2H3,(H,15,16). The number of carbonyl (C=O) groups is 1. The molecule has 1 N–H and O–H groups in total. The third-order valence-corrected chi connectivity index (χ3v) is 3.53. The number of fused-ring (bicyclic) bond motifs is 1. The number of aromatic nitrogens is 3. The van der Waals surface area contributed by atoms with Gasteiger partial charge in [-0.1, -0.05) is 0 Å². The molecule has 0 unspecified atom stereocenters. The summed E-state index contributed by atoms with van der Waals surface area (Å²) in [6, 6.07) is 3.33. The maximum atomic E-state index is 12.6. The van der Waals surface area contributed by atoms with Gasteiger partial charge in [-0.15, -0.1) is 0 Å². The number of pyridine rings is 1. The van der Waals surface area contributed by atoms with Crippen molar-refractivity contribution >= 4 is 5.91 Å². The van der Waals surface area contributed by atoms with Crippen molar-refractivity contribution in [2.24, 2.45) is 0 Å². The van der Waals surface area contributed by atoms with Gasteiger partial charge in [0, 0.05) is 19.0 Å². The number of nitrogens with zero attached hydrogens (tertiary/aromatic N) is 3. The van der Waals surface area contributed by atoms with Crippen molar-refractivity contribution < 1.29 is 14.3 Å². The molecule has 0 saturated carbocycles. The van der Waals surface area contributed by atoms with Gasteiger partial charge in [0.05, 0.1) is 38.5 Å². The number of carbonyl (C=O) groups excluding carboxylic acids is 1. The number of rotatable bonds is 3. The second-order valence-electron chi connectivity index (χ2n) is 4.71. The number of nitrogens with one attached hydrogen (secondary N) is 1. The lowest BCUT2D eigenvalue weighted by Gasteiger charge is -2.26. The van der Waals surface area contributed by atoms with Crippen LogP contribution < -0.4 is 9.47 Å². The first-order valence-electron chi connectivity index (χ1n) is 6.62. The molecule has 0 spiro atoms. The van der Waals surface area contributed by atoms with E-state index in [0.29, 0.717) is 24.5 Å². The lowest BCUT2D eigenvalue weighted by molar-refractivity contribution is 0.0727. The molecule has 7 heteroatoms. The van der Waals surface area contributed by atoms with E-state index in [1.807, 2.05) is 0 Å². The Balaban J connectivity index is 1.86. The second-order valence-corrected chi connectivity index (χ2v) is 4.71. The van der Waals surface area contributed by atoms with Gasteiger partial charge in [-0.2, -0.15) is 4.98 Å². The fraction of sp³-hybridized carbons (Fsp3) is 0.357. The molecule has 1 amide bonds. The SMILES string of the molecule is COc1ccc(C(=O)N2CCc3nc[nH]c3C2)c(OC)n1. The summed E-state index contributed by atoms with van der Waals surface area (Å²) in [5.74, 6) is 0.579. The molecule has 0 aliphatic carbocycles. The van der Waals surface area contributed by atoms with Crippen LogP contribution >= 0.6 is 0 Å². The molecule has 7 nitrogen and oxygen atoms in total. The highest BCUT2D eigenvalue weighted by Crippen LogP contribution is 2.24. The number of amides is 1. The van der Waals surface area contributed by atoms with E-state index in [-0.39, 0.29) is 11.8 Å². The van der Waals surface area contributed by atoms with Gasteiger partial charge in [-0.3, -0.25) is 4.79 Å². The van der Waals surface area contributed by atoms with Gasteiger partial charge < -0.3 is 19.4 Å². The number of hydrogen-bond donors (Lipinski definition) is 1. The van der Waals surface area contributed by atoms with E-state index < -0.39 is 0 Å². The van der Waals surface area contributed by atoms with E-state index >= 15 is 0 Å². The average Bonchev–Trinajstić information content (AvgIpc) is 3.01. The van der Waals surface area contributed by atoms with Gasteiger partial charge >= 0.3 is 0 Å². The summed E-state index contributed by atoms with van der Waals surface area (Å²) in [6.45, 7) is 1.15. The number of aromatic amines is 1. The Morgan fingerprint density at radius 3 is 2.95 bits per heavy atom. The first kappa shape index (κ1) is 13.4. The van der Waals surface area contributed by atoms with E-state index in [2.05, 4.69) is 15.0 Å². The van der Waals surface area contributed by atoms with Crippen molar-refractivity contribution in [1.82, 2.24) is 19.9 Å². The normalized spacial score (nSPS) is 13.7. The van der Waals surface area contributed by atoms with E-state index in [0.717, 1.165) is 17.8 Å². The Labute approximate surface area is 121 Å². The van der Waals surface area contributed by atoms with Gasteiger partial charge in [0.2, 0.25) is 11.8 Å². The molecule has 1 aliphatic heterocycles. The summed E-state index contributed by atoms with van der Waals surface area (Å²) in [4.78, 5) is 25.8. The zero-order valence-corrected chi connectivity index (χ0v) is 11.9. The average molecular weight is 288 g/mol. The number of ether oxygens (including phenoxy) is 2. The minimum Gasteiger partial charge on any atom is -0.481 e. The van der Waals surface area contributed by atoms with Crippen molar-refractivity contribution in [1.29, 1.82) is 0 Å². The zero-order chi connectivity index (χ0) is 14.8. The highest BCUT2D eigenvalue weighted by atomic mass is 16.5. The van der Waals surface area contributed by atoms with E-state index in [1.165, 1.54) is 14.2 Å². The van der Waals surface area contributed by atoms with Gasteiger partial charge in [0.15, 0.2) is 0 Å². The minimum atomic E-state index is -0.109. The molecule has 0 fully saturated rings. The number of hydrogen-bond acceptors (Lipinski definition) is 5. The number of H-pyrrole nitrogens is 1. The molecule has 2 aromatic heterocycles. The molecule has 3 rings (SSSR count). The largest absolute Gasteiger partial charge is 0.481 e. The first-order valence-corrected chi connectivity index (χ1v) is 6.62. The van der Waals surface area contributed by atoms with Crippen LogP contribution in [0.5, 0.6) is 11.8 Å². The smallest absolute Gasteiger partial charge is 0.259 e. The van der Waals surface area contributed by atoms with E-state index in [4.69, 9.17) is 9.47 Å². The molecular weight excluding hydrogens is 272 g/mol. The number of imidazole rings is 1. The highest BCUT2D eigenvalue weighted by Gasteiger charge is 2.26. The van der Waals surface area contributed by atoms with Crippen LogP contribution in [0.2, 0.25) is 0 Å². The molecule has 0 radical (unpaired) electrons. The van der Waals surface area contributed by atoms with Crippen LogP contribution in [0.3, 0.4) is 0 Å². The molecular formula is C14H16N4O3. The maximum Gasteiger partial charge on any atom is 0.259 e. The van der Waals surface area contributed by atoms with Crippen molar-refractivity contribution in [2.45, 2.75) is 13.0 Å². The van der Waals surface area contributed by atoms with Crippen LogP contribution in [0.15, 0.2) is 18.5 Å². The van der Waals surface area contributed by atoms with Crippen molar-refractivity contribution in [3.8, 4) is 11.8 Å². The predicted molar refractivity (Wildman–Crippen MR) is 74.4 cm³/mol. The van der Waals surface area contributed by atoms with Crippen molar-refractivity contribution in [2.75, 3.05) is 20.8 Å². The molecule has 110 valence electrons. The Hall–Kier alpha value is -2.57. The summed E-state index contributed by atoms with van der Waals surface area (Å²) in [5, 5.41) is 0. The Kier molecular flexibility index (Phi) is 3.47.